The smallest absolute Gasteiger partial charge is 0.251 e. The highest BCUT2D eigenvalue weighted by Gasteiger charge is 2.15. The van der Waals surface area contributed by atoms with E-state index in [-0.39, 0.29) is 17.7 Å². The summed E-state index contributed by atoms with van der Waals surface area (Å²) in [7, 11) is -3.07. The van der Waals surface area contributed by atoms with E-state index in [9.17, 15) is 13.2 Å². The number of carbonyl (C=O) groups excluding carboxylic acids is 1. The van der Waals surface area contributed by atoms with Crippen molar-refractivity contribution in [1.82, 2.24) is 5.32 Å². The Labute approximate surface area is 155 Å². The first-order chi connectivity index (χ1) is 12.3. The van der Waals surface area contributed by atoms with E-state index in [4.69, 9.17) is 0 Å². The molecule has 0 radical (unpaired) electrons. The van der Waals surface area contributed by atoms with E-state index in [1.807, 2.05) is 6.92 Å². The lowest BCUT2D eigenvalue weighted by molar-refractivity contribution is 0.0940. The van der Waals surface area contributed by atoms with Gasteiger partial charge in [-0.2, -0.15) is 0 Å². The number of hydrogen-bond donors (Lipinski definition) is 1. The fraction of sp³-hybridized carbons (Fsp3) is 0.381. The molecule has 0 aromatic heterocycles. The molecule has 0 saturated carbocycles. The van der Waals surface area contributed by atoms with Crippen molar-refractivity contribution in [3.05, 3.63) is 70.3 Å². The number of carbonyl (C=O) groups is 1. The summed E-state index contributed by atoms with van der Waals surface area (Å²) < 4.78 is 22.7. The van der Waals surface area contributed by atoms with E-state index < -0.39 is 9.84 Å². The van der Waals surface area contributed by atoms with Gasteiger partial charge in [-0.3, -0.25) is 4.79 Å². The lowest BCUT2D eigenvalue weighted by Gasteiger charge is -2.20. The number of sulfone groups is 1. The van der Waals surface area contributed by atoms with Crippen LogP contribution in [0.1, 0.15) is 58.4 Å². The fourth-order valence-electron chi connectivity index (χ4n) is 3.44. The Bertz CT molecular complexity index is 901. The van der Waals surface area contributed by atoms with E-state index in [1.54, 1.807) is 24.3 Å². The molecule has 0 saturated heterocycles. The molecule has 0 heterocycles. The third-order valence-electron chi connectivity index (χ3n) is 4.87. The normalized spacial score (nSPS) is 15.2. The molecule has 1 aliphatic carbocycles. The second-order valence-corrected chi connectivity index (χ2v) is 9.34. The molecule has 1 atom stereocenters. The summed E-state index contributed by atoms with van der Waals surface area (Å²) in [5.74, 6) is -0.165. The van der Waals surface area contributed by atoms with Gasteiger partial charge in [0, 0.05) is 11.8 Å². The van der Waals surface area contributed by atoms with Crippen molar-refractivity contribution >= 4 is 15.7 Å². The molecule has 0 spiro atoms. The number of hydrogen-bond acceptors (Lipinski definition) is 3. The van der Waals surface area contributed by atoms with Crippen LogP contribution in [0.5, 0.6) is 0 Å². The van der Waals surface area contributed by atoms with E-state index in [0.29, 0.717) is 11.1 Å². The molecule has 0 fully saturated rings. The molecule has 138 valence electrons. The predicted molar refractivity (Wildman–Crippen MR) is 104 cm³/mol. The van der Waals surface area contributed by atoms with Gasteiger partial charge >= 0.3 is 0 Å². The van der Waals surface area contributed by atoms with Crippen molar-refractivity contribution in [3.63, 3.8) is 0 Å². The highest BCUT2D eigenvalue weighted by molar-refractivity contribution is 7.89. The van der Waals surface area contributed by atoms with Crippen molar-refractivity contribution in [3.8, 4) is 0 Å². The van der Waals surface area contributed by atoms with Crippen molar-refractivity contribution < 1.29 is 13.2 Å². The highest BCUT2D eigenvalue weighted by atomic mass is 32.2. The minimum absolute atomic E-state index is 0.0135. The quantitative estimate of drug-likeness (QED) is 0.873. The maximum absolute atomic E-state index is 12.5. The van der Waals surface area contributed by atoms with Crippen LogP contribution < -0.4 is 5.32 Å². The van der Waals surface area contributed by atoms with Gasteiger partial charge in [0.25, 0.3) is 5.91 Å². The van der Waals surface area contributed by atoms with Crippen LogP contribution in [-0.2, 0) is 28.4 Å². The van der Waals surface area contributed by atoms with Crippen molar-refractivity contribution in [2.45, 2.75) is 44.4 Å². The molecule has 0 aliphatic heterocycles. The summed E-state index contributed by atoms with van der Waals surface area (Å²) in [4.78, 5) is 12.5. The van der Waals surface area contributed by atoms with Gasteiger partial charge in [0.15, 0.2) is 9.84 Å². The van der Waals surface area contributed by atoms with Crippen LogP contribution in [0.2, 0.25) is 0 Å². The van der Waals surface area contributed by atoms with E-state index in [2.05, 4.69) is 23.5 Å². The minimum atomic E-state index is -3.07. The Morgan fingerprint density at radius 1 is 1.04 bits per heavy atom. The third kappa shape index (κ3) is 4.73. The number of nitrogens with one attached hydrogen (secondary N) is 1. The highest BCUT2D eigenvalue weighted by Crippen LogP contribution is 2.25. The second kappa shape index (κ2) is 7.62. The predicted octanol–water partition coefficient (Wildman–Crippen LogP) is 3.60. The van der Waals surface area contributed by atoms with Gasteiger partial charge in [0.2, 0.25) is 0 Å². The van der Waals surface area contributed by atoms with E-state index >= 15 is 0 Å². The third-order valence-corrected chi connectivity index (χ3v) is 5.72. The zero-order chi connectivity index (χ0) is 18.7. The number of rotatable bonds is 5. The molecule has 1 amide bonds. The summed E-state index contributed by atoms with van der Waals surface area (Å²) in [6.07, 6.45) is 5.96. The average molecular weight is 372 g/mol. The number of amides is 1. The molecular weight excluding hydrogens is 346 g/mol. The van der Waals surface area contributed by atoms with Gasteiger partial charge in [-0.15, -0.1) is 0 Å². The largest absolute Gasteiger partial charge is 0.346 e. The van der Waals surface area contributed by atoms with E-state index in [0.717, 1.165) is 18.4 Å². The van der Waals surface area contributed by atoms with Gasteiger partial charge in [-0.1, -0.05) is 30.3 Å². The molecule has 1 aliphatic rings. The summed E-state index contributed by atoms with van der Waals surface area (Å²) in [5, 5.41) is 3.03. The van der Waals surface area contributed by atoms with Gasteiger partial charge in [-0.25, -0.2) is 8.42 Å². The molecule has 4 nitrogen and oxygen atoms in total. The minimum Gasteiger partial charge on any atom is -0.346 e. The molecule has 5 heteroatoms. The van der Waals surface area contributed by atoms with Crippen LogP contribution in [0, 0.1) is 0 Å². The van der Waals surface area contributed by atoms with Crippen molar-refractivity contribution in [2.24, 2.45) is 0 Å². The van der Waals surface area contributed by atoms with Crippen LogP contribution in [0.3, 0.4) is 0 Å². The lowest BCUT2D eigenvalue weighted by atomic mass is 9.89. The summed E-state index contributed by atoms with van der Waals surface area (Å²) >= 11 is 0. The van der Waals surface area contributed by atoms with Crippen LogP contribution in [0.25, 0.3) is 0 Å². The van der Waals surface area contributed by atoms with Crippen molar-refractivity contribution in [2.75, 3.05) is 6.26 Å². The Morgan fingerprint density at radius 2 is 1.69 bits per heavy atom. The first-order valence-electron chi connectivity index (χ1n) is 9.01. The van der Waals surface area contributed by atoms with Gasteiger partial charge in [0.05, 0.1) is 11.8 Å². The van der Waals surface area contributed by atoms with Gasteiger partial charge in [-0.05, 0) is 67.0 Å². The first-order valence-corrected chi connectivity index (χ1v) is 11.1. The zero-order valence-electron chi connectivity index (χ0n) is 15.3. The van der Waals surface area contributed by atoms with Crippen LogP contribution >= 0.6 is 0 Å². The van der Waals surface area contributed by atoms with Crippen LogP contribution in [0.15, 0.2) is 42.5 Å². The van der Waals surface area contributed by atoms with Gasteiger partial charge in [0.1, 0.15) is 0 Å². The molecule has 1 N–H and O–H groups in total. The van der Waals surface area contributed by atoms with Gasteiger partial charge < -0.3 is 5.32 Å². The number of fused-ring (bicyclic) bond motifs is 1. The maximum atomic E-state index is 12.5. The second-order valence-electron chi connectivity index (χ2n) is 7.20. The fourth-order valence-corrected chi connectivity index (χ4v) is 4.24. The molecule has 2 aromatic carbocycles. The summed E-state index contributed by atoms with van der Waals surface area (Å²) in [6.45, 7) is 1.99. The summed E-state index contributed by atoms with van der Waals surface area (Å²) in [6, 6.07) is 13.2. The Morgan fingerprint density at radius 3 is 2.35 bits per heavy atom. The van der Waals surface area contributed by atoms with Crippen LogP contribution in [0.4, 0.5) is 0 Å². The SMILES string of the molecule is C[C@@H](NC(=O)c1ccc(CS(C)(=O)=O)cc1)c1ccc2c(c1)CCCC2. The standard InChI is InChI=1S/C21H25NO3S/c1-15(19-12-11-17-5-3-4-6-20(17)13-19)22-21(23)18-9-7-16(8-10-18)14-26(2,24)25/h7-13,15H,3-6,14H2,1-2H3,(H,22,23)/t15-/m1/s1. The van der Waals surface area contributed by atoms with E-state index in [1.165, 1.54) is 30.2 Å². The molecule has 0 bridgehead atoms. The lowest BCUT2D eigenvalue weighted by Crippen LogP contribution is -2.26. The van der Waals surface area contributed by atoms with Crippen LogP contribution in [-0.4, -0.2) is 20.6 Å². The maximum Gasteiger partial charge on any atom is 0.251 e. The molecular formula is C21H25NO3S. The Hall–Kier alpha value is -2.14. The molecule has 0 unspecified atom stereocenters. The Balaban J connectivity index is 1.67. The summed E-state index contributed by atoms with van der Waals surface area (Å²) in [5.41, 5.74) is 5.17. The molecule has 3 rings (SSSR count). The molecule has 26 heavy (non-hydrogen) atoms. The topological polar surface area (TPSA) is 63.2 Å². The number of aryl methyl sites for hydroxylation is 2. The number of benzene rings is 2. The Kier molecular flexibility index (Phi) is 5.47. The first kappa shape index (κ1) is 18.6. The average Bonchev–Trinajstić information content (AvgIpc) is 2.60. The molecule has 2 aromatic rings. The zero-order valence-corrected chi connectivity index (χ0v) is 16.1. The monoisotopic (exact) mass is 371 g/mol. The van der Waals surface area contributed by atoms with Crippen molar-refractivity contribution in [1.29, 1.82) is 0 Å².